The van der Waals surface area contributed by atoms with E-state index >= 15 is 0 Å². The summed E-state index contributed by atoms with van der Waals surface area (Å²) in [6, 6.07) is 12.6. The fourth-order valence-corrected chi connectivity index (χ4v) is 1.84. The van der Waals surface area contributed by atoms with Gasteiger partial charge in [-0.3, -0.25) is 4.79 Å². The van der Waals surface area contributed by atoms with Crippen molar-refractivity contribution < 1.29 is 14.3 Å². The molecule has 0 bridgehead atoms. The molecule has 2 rings (SSSR count). The van der Waals surface area contributed by atoms with Gasteiger partial charge in [0.05, 0.1) is 12.1 Å². The highest BCUT2D eigenvalue weighted by Crippen LogP contribution is 2.15. The van der Waals surface area contributed by atoms with Crippen LogP contribution in [-0.4, -0.2) is 18.5 Å². The first-order valence-electron chi connectivity index (χ1n) is 6.28. The zero-order chi connectivity index (χ0) is 15.9. The van der Waals surface area contributed by atoms with Gasteiger partial charge in [0.1, 0.15) is 0 Å². The van der Waals surface area contributed by atoms with Gasteiger partial charge in [-0.1, -0.05) is 41.9 Å². The van der Waals surface area contributed by atoms with Crippen LogP contribution >= 0.6 is 11.6 Å². The van der Waals surface area contributed by atoms with E-state index in [0.717, 1.165) is 0 Å². The highest BCUT2D eigenvalue weighted by molar-refractivity contribution is 6.30. The van der Waals surface area contributed by atoms with Crippen LogP contribution in [0.3, 0.4) is 0 Å². The Bertz CT molecular complexity index is 736. The van der Waals surface area contributed by atoms with Crippen molar-refractivity contribution in [3.63, 3.8) is 0 Å². The molecular weight excluding hydrogens is 304 g/mol. The number of halogens is 1. The number of amides is 1. The van der Waals surface area contributed by atoms with Crippen molar-refractivity contribution in [1.82, 2.24) is 0 Å². The fourth-order valence-electron chi connectivity index (χ4n) is 1.65. The maximum Gasteiger partial charge on any atom is 0.338 e. The Labute approximate surface area is 132 Å². The Morgan fingerprint density at radius 2 is 1.91 bits per heavy atom. The predicted octanol–water partition coefficient (Wildman–Crippen LogP) is 3.69. The number of carbonyl (C=O) groups is 2. The van der Waals surface area contributed by atoms with Crippen LogP contribution < -0.4 is 5.32 Å². The summed E-state index contributed by atoms with van der Waals surface area (Å²) in [6.45, 7) is 6.42. The molecule has 0 atom stereocenters. The minimum absolute atomic E-state index is 0.281. The number of hydrogen-bond acceptors (Lipinski definition) is 3. The summed E-state index contributed by atoms with van der Waals surface area (Å²) in [5.74, 6) is -1.09. The molecular formula is C16H11ClN2O3. The Morgan fingerprint density at radius 1 is 1.18 bits per heavy atom. The smallest absolute Gasteiger partial charge is 0.338 e. The van der Waals surface area contributed by atoms with Crippen LogP contribution in [0, 0.1) is 6.57 Å². The Kier molecular flexibility index (Phi) is 5.12. The van der Waals surface area contributed by atoms with Crippen LogP contribution in [0.25, 0.3) is 4.85 Å². The second-order valence-corrected chi connectivity index (χ2v) is 4.73. The number of benzene rings is 2. The first kappa shape index (κ1) is 15.5. The van der Waals surface area contributed by atoms with E-state index in [0.29, 0.717) is 16.4 Å². The third kappa shape index (κ3) is 4.33. The van der Waals surface area contributed by atoms with Crippen molar-refractivity contribution in [2.75, 3.05) is 11.9 Å². The number of ether oxygens (including phenoxy) is 1. The molecule has 1 N–H and O–H groups in total. The molecule has 22 heavy (non-hydrogen) atoms. The van der Waals surface area contributed by atoms with E-state index in [1.165, 1.54) is 24.3 Å². The Morgan fingerprint density at radius 3 is 2.55 bits per heavy atom. The van der Waals surface area contributed by atoms with E-state index in [1.54, 1.807) is 24.3 Å². The lowest BCUT2D eigenvalue weighted by Crippen LogP contribution is -2.20. The van der Waals surface area contributed by atoms with E-state index in [4.69, 9.17) is 22.9 Å². The van der Waals surface area contributed by atoms with Crippen LogP contribution in [-0.2, 0) is 9.53 Å². The van der Waals surface area contributed by atoms with E-state index in [9.17, 15) is 9.59 Å². The number of nitrogens with one attached hydrogen (secondary N) is 1. The number of hydrogen-bond donors (Lipinski definition) is 1. The van der Waals surface area contributed by atoms with Gasteiger partial charge in [-0.05, 0) is 18.2 Å². The summed E-state index contributed by atoms with van der Waals surface area (Å²) in [5, 5.41) is 3.06. The highest BCUT2D eigenvalue weighted by atomic mass is 35.5. The maximum absolute atomic E-state index is 11.8. The lowest BCUT2D eigenvalue weighted by Gasteiger charge is -2.07. The first-order valence-corrected chi connectivity index (χ1v) is 6.66. The molecule has 0 spiro atoms. The van der Waals surface area contributed by atoms with Crippen LogP contribution in [0.1, 0.15) is 10.4 Å². The number of nitrogens with zero attached hydrogens (tertiary/aromatic N) is 1. The van der Waals surface area contributed by atoms with Crippen molar-refractivity contribution in [3.05, 3.63) is 70.5 Å². The Hall–Kier alpha value is -2.84. The summed E-state index contributed by atoms with van der Waals surface area (Å²) in [4.78, 5) is 26.7. The predicted molar refractivity (Wildman–Crippen MR) is 83.1 cm³/mol. The molecule has 0 aliphatic rings. The van der Waals surface area contributed by atoms with Gasteiger partial charge in [0.25, 0.3) is 5.91 Å². The molecule has 5 nitrogen and oxygen atoms in total. The fraction of sp³-hybridized carbons (Fsp3) is 0.0625. The van der Waals surface area contributed by atoms with Crippen molar-refractivity contribution >= 4 is 34.9 Å². The normalized spacial score (nSPS) is 9.64. The molecule has 2 aromatic rings. The molecule has 0 radical (unpaired) electrons. The largest absolute Gasteiger partial charge is 0.452 e. The summed E-state index contributed by atoms with van der Waals surface area (Å²) >= 11 is 5.80. The number of rotatable bonds is 4. The molecule has 0 saturated carbocycles. The zero-order valence-corrected chi connectivity index (χ0v) is 12.1. The quantitative estimate of drug-likeness (QED) is 0.691. The lowest BCUT2D eigenvalue weighted by atomic mass is 10.2. The molecule has 0 saturated heterocycles. The van der Waals surface area contributed by atoms with E-state index in [1.807, 2.05) is 0 Å². The molecule has 0 fully saturated rings. The number of carbonyl (C=O) groups excluding carboxylic acids is 2. The van der Waals surface area contributed by atoms with E-state index in [-0.39, 0.29) is 5.56 Å². The van der Waals surface area contributed by atoms with Crippen LogP contribution in [0.5, 0.6) is 0 Å². The second-order valence-electron chi connectivity index (χ2n) is 4.29. The maximum atomic E-state index is 11.8. The molecule has 0 aliphatic carbocycles. The molecule has 1 amide bonds. The molecule has 110 valence electrons. The van der Waals surface area contributed by atoms with Crippen molar-refractivity contribution in [2.45, 2.75) is 0 Å². The highest BCUT2D eigenvalue weighted by Gasteiger charge is 2.10. The third-order valence-corrected chi connectivity index (χ3v) is 2.91. The molecule has 0 heterocycles. The average Bonchev–Trinajstić information content (AvgIpc) is 2.52. The first-order chi connectivity index (χ1) is 10.6. The second kappa shape index (κ2) is 7.25. The van der Waals surface area contributed by atoms with Crippen LogP contribution in [0.2, 0.25) is 5.02 Å². The SMILES string of the molecule is [C-]#[N+]c1ccc(C(=O)OCC(=O)Nc2cccc(Cl)c2)cc1. The third-order valence-electron chi connectivity index (χ3n) is 2.67. The minimum atomic E-state index is -0.627. The average molecular weight is 315 g/mol. The molecule has 6 heteroatoms. The van der Waals surface area contributed by atoms with Crippen molar-refractivity contribution in [3.8, 4) is 0 Å². The molecule has 0 unspecified atom stereocenters. The van der Waals surface area contributed by atoms with Crippen LogP contribution in [0.15, 0.2) is 48.5 Å². The van der Waals surface area contributed by atoms with Crippen molar-refractivity contribution in [2.24, 2.45) is 0 Å². The summed E-state index contributed by atoms with van der Waals surface area (Å²) < 4.78 is 4.90. The monoisotopic (exact) mass is 314 g/mol. The molecule has 2 aromatic carbocycles. The summed E-state index contributed by atoms with van der Waals surface area (Å²) in [6.07, 6.45) is 0. The standard InChI is InChI=1S/C16H11ClN2O3/c1-18-13-7-5-11(6-8-13)16(21)22-10-15(20)19-14-4-2-3-12(17)9-14/h2-9H,10H2,(H,19,20). The van der Waals surface area contributed by atoms with Gasteiger partial charge >= 0.3 is 5.97 Å². The summed E-state index contributed by atoms with van der Waals surface area (Å²) in [5.41, 5.74) is 1.23. The topological polar surface area (TPSA) is 59.8 Å². The van der Waals surface area contributed by atoms with Gasteiger partial charge in [0.2, 0.25) is 0 Å². The van der Waals surface area contributed by atoms with Gasteiger partial charge in [-0.2, -0.15) is 0 Å². The Balaban J connectivity index is 1.87. The summed E-state index contributed by atoms with van der Waals surface area (Å²) in [7, 11) is 0. The van der Waals surface area contributed by atoms with Gasteiger partial charge in [-0.25, -0.2) is 9.64 Å². The zero-order valence-electron chi connectivity index (χ0n) is 11.4. The lowest BCUT2D eigenvalue weighted by molar-refractivity contribution is -0.119. The number of anilines is 1. The van der Waals surface area contributed by atoms with Gasteiger partial charge in [0, 0.05) is 10.7 Å². The van der Waals surface area contributed by atoms with Gasteiger partial charge in [-0.15, -0.1) is 0 Å². The van der Waals surface area contributed by atoms with Gasteiger partial charge in [0.15, 0.2) is 12.3 Å². The molecule has 0 aromatic heterocycles. The van der Waals surface area contributed by atoms with Crippen LogP contribution in [0.4, 0.5) is 11.4 Å². The van der Waals surface area contributed by atoms with Crippen molar-refractivity contribution in [1.29, 1.82) is 0 Å². The van der Waals surface area contributed by atoms with E-state index < -0.39 is 18.5 Å². The minimum Gasteiger partial charge on any atom is -0.452 e. The van der Waals surface area contributed by atoms with Gasteiger partial charge < -0.3 is 10.1 Å². The molecule has 0 aliphatic heterocycles. The van der Waals surface area contributed by atoms with E-state index in [2.05, 4.69) is 10.2 Å². The number of esters is 1.